The molecule has 84 valence electrons. The van der Waals surface area contributed by atoms with Crippen LogP contribution in [0.2, 0.25) is 0 Å². The second-order valence-corrected chi connectivity index (χ2v) is 4.06. The number of furan rings is 1. The Morgan fingerprint density at radius 1 is 1.62 bits per heavy atom. The molecule has 0 aliphatic carbocycles. The maximum atomic E-state index is 11.3. The fraction of sp³-hybridized carbons (Fsp3) is 0.273. The zero-order valence-corrected chi connectivity index (χ0v) is 10.3. The molecule has 0 saturated carbocycles. The Morgan fingerprint density at radius 2 is 2.44 bits per heavy atom. The number of ether oxygens (including phenoxy) is 1. The number of pyridine rings is 1. The quantitative estimate of drug-likeness (QED) is 0.642. The van der Waals surface area contributed by atoms with Crippen LogP contribution < -0.4 is 0 Å². The van der Waals surface area contributed by atoms with Gasteiger partial charge in [0.1, 0.15) is 4.60 Å². The van der Waals surface area contributed by atoms with Gasteiger partial charge in [0.15, 0.2) is 5.58 Å². The van der Waals surface area contributed by atoms with Gasteiger partial charge < -0.3 is 9.15 Å². The molecule has 5 heteroatoms. The van der Waals surface area contributed by atoms with Crippen molar-refractivity contribution < 1.29 is 13.9 Å². The molecule has 16 heavy (non-hydrogen) atoms. The Labute approximate surface area is 101 Å². The number of rotatable bonds is 3. The van der Waals surface area contributed by atoms with Crippen LogP contribution in [-0.4, -0.2) is 17.6 Å². The van der Waals surface area contributed by atoms with Gasteiger partial charge in [-0.2, -0.15) is 0 Å². The maximum absolute atomic E-state index is 11.3. The number of halogens is 1. The molecule has 0 fully saturated rings. The monoisotopic (exact) mass is 283 g/mol. The third-order valence-electron chi connectivity index (χ3n) is 2.15. The van der Waals surface area contributed by atoms with Crippen molar-refractivity contribution in [2.45, 2.75) is 13.3 Å². The van der Waals surface area contributed by atoms with Crippen LogP contribution in [0.4, 0.5) is 0 Å². The summed E-state index contributed by atoms with van der Waals surface area (Å²) in [5.74, 6) is -0.252. The summed E-state index contributed by atoms with van der Waals surface area (Å²) in [6, 6.07) is 1.83. The van der Waals surface area contributed by atoms with E-state index in [-0.39, 0.29) is 12.4 Å². The predicted octanol–water partition coefficient (Wildman–Crippen LogP) is 2.70. The summed E-state index contributed by atoms with van der Waals surface area (Å²) in [6.07, 6.45) is 3.40. The van der Waals surface area contributed by atoms with Gasteiger partial charge in [-0.05, 0) is 28.9 Å². The van der Waals surface area contributed by atoms with Crippen molar-refractivity contribution in [1.29, 1.82) is 0 Å². The highest BCUT2D eigenvalue weighted by atomic mass is 79.9. The molecule has 0 radical (unpaired) electrons. The molecule has 2 aromatic heterocycles. The summed E-state index contributed by atoms with van der Waals surface area (Å²) in [5, 5.41) is 0.884. The average molecular weight is 284 g/mol. The van der Waals surface area contributed by atoms with E-state index in [0.29, 0.717) is 16.8 Å². The second-order valence-electron chi connectivity index (χ2n) is 3.25. The van der Waals surface area contributed by atoms with Crippen LogP contribution >= 0.6 is 15.9 Å². The molecule has 2 heterocycles. The SMILES string of the molecule is CCOC(=O)Cc1coc2cnc(Br)cc12. The van der Waals surface area contributed by atoms with Gasteiger partial charge in [-0.15, -0.1) is 0 Å². The number of aromatic nitrogens is 1. The topological polar surface area (TPSA) is 52.3 Å². The molecule has 0 saturated heterocycles. The van der Waals surface area contributed by atoms with E-state index < -0.39 is 0 Å². The molecule has 0 aromatic carbocycles. The number of nitrogens with zero attached hydrogens (tertiary/aromatic N) is 1. The predicted molar refractivity (Wildman–Crippen MR) is 62.0 cm³/mol. The van der Waals surface area contributed by atoms with Crippen LogP contribution in [0, 0.1) is 0 Å². The van der Waals surface area contributed by atoms with Crippen LogP contribution in [-0.2, 0) is 16.0 Å². The van der Waals surface area contributed by atoms with Crippen molar-refractivity contribution in [3.8, 4) is 0 Å². The molecule has 0 unspecified atom stereocenters. The van der Waals surface area contributed by atoms with E-state index in [4.69, 9.17) is 9.15 Å². The zero-order chi connectivity index (χ0) is 11.5. The molecule has 0 aliphatic rings. The number of hydrogen-bond donors (Lipinski definition) is 0. The van der Waals surface area contributed by atoms with Crippen molar-refractivity contribution in [2.75, 3.05) is 6.61 Å². The molecular weight excluding hydrogens is 274 g/mol. The Morgan fingerprint density at radius 3 is 3.19 bits per heavy atom. The van der Waals surface area contributed by atoms with Gasteiger partial charge >= 0.3 is 5.97 Å². The minimum absolute atomic E-state index is 0.220. The van der Waals surface area contributed by atoms with Crippen LogP contribution in [0.5, 0.6) is 0 Å². The van der Waals surface area contributed by atoms with E-state index in [1.165, 1.54) is 0 Å². The number of esters is 1. The van der Waals surface area contributed by atoms with E-state index in [0.717, 1.165) is 10.9 Å². The lowest BCUT2D eigenvalue weighted by Crippen LogP contribution is -2.06. The largest absolute Gasteiger partial charge is 0.466 e. The smallest absolute Gasteiger partial charge is 0.310 e. The van der Waals surface area contributed by atoms with Gasteiger partial charge in [-0.3, -0.25) is 4.79 Å². The lowest BCUT2D eigenvalue weighted by atomic mass is 10.1. The Kier molecular flexibility index (Phi) is 3.24. The van der Waals surface area contributed by atoms with Crippen LogP contribution in [0.1, 0.15) is 12.5 Å². The van der Waals surface area contributed by atoms with Gasteiger partial charge in [0, 0.05) is 10.9 Å². The standard InChI is InChI=1S/C11H10BrNO3/c1-2-15-11(14)3-7-6-16-9-5-13-10(12)4-8(7)9/h4-6H,2-3H2,1H3. The van der Waals surface area contributed by atoms with Crippen molar-refractivity contribution in [3.05, 3.63) is 28.7 Å². The summed E-state index contributed by atoms with van der Waals surface area (Å²) in [5.41, 5.74) is 1.49. The van der Waals surface area contributed by atoms with Gasteiger partial charge in [0.25, 0.3) is 0 Å². The first-order valence-electron chi connectivity index (χ1n) is 4.88. The highest BCUT2D eigenvalue weighted by Gasteiger charge is 2.11. The lowest BCUT2D eigenvalue weighted by molar-refractivity contribution is -0.142. The molecule has 0 aliphatic heterocycles. The molecule has 2 aromatic rings. The van der Waals surface area contributed by atoms with Crippen molar-refractivity contribution in [1.82, 2.24) is 4.98 Å². The summed E-state index contributed by atoms with van der Waals surface area (Å²) in [4.78, 5) is 15.4. The highest BCUT2D eigenvalue weighted by molar-refractivity contribution is 9.10. The van der Waals surface area contributed by atoms with Crippen molar-refractivity contribution in [2.24, 2.45) is 0 Å². The zero-order valence-electron chi connectivity index (χ0n) is 8.70. The fourth-order valence-corrected chi connectivity index (χ4v) is 1.80. The first-order valence-corrected chi connectivity index (χ1v) is 5.67. The lowest BCUT2D eigenvalue weighted by Gasteiger charge is -1.99. The Balaban J connectivity index is 2.30. The first-order chi connectivity index (χ1) is 7.70. The summed E-state index contributed by atoms with van der Waals surface area (Å²) >= 11 is 3.28. The van der Waals surface area contributed by atoms with Gasteiger partial charge in [0.05, 0.1) is 25.5 Å². The van der Waals surface area contributed by atoms with Crippen molar-refractivity contribution in [3.63, 3.8) is 0 Å². The number of carbonyl (C=O) groups is 1. The molecule has 2 rings (SSSR count). The molecule has 0 atom stereocenters. The first kappa shape index (κ1) is 11.1. The molecular formula is C11H10BrNO3. The number of hydrogen-bond acceptors (Lipinski definition) is 4. The summed E-state index contributed by atoms with van der Waals surface area (Å²) < 4.78 is 10.9. The molecule has 0 spiro atoms. The summed E-state index contributed by atoms with van der Waals surface area (Å²) in [6.45, 7) is 2.17. The fourth-order valence-electron chi connectivity index (χ4n) is 1.46. The highest BCUT2D eigenvalue weighted by Crippen LogP contribution is 2.23. The van der Waals surface area contributed by atoms with E-state index >= 15 is 0 Å². The maximum Gasteiger partial charge on any atom is 0.310 e. The van der Waals surface area contributed by atoms with E-state index in [1.807, 2.05) is 6.07 Å². The Hall–Kier alpha value is -1.36. The number of fused-ring (bicyclic) bond motifs is 1. The molecule has 0 N–H and O–H groups in total. The van der Waals surface area contributed by atoms with Crippen molar-refractivity contribution >= 4 is 32.9 Å². The number of carbonyl (C=O) groups excluding carboxylic acids is 1. The van der Waals surface area contributed by atoms with Gasteiger partial charge in [-0.25, -0.2) is 4.98 Å². The van der Waals surface area contributed by atoms with Crippen LogP contribution in [0.3, 0.4) is 0 Å². The summed E-state index contributed by atoms with van der Waals surface area (Å²) in [7, 11) is 0. The van der Waals surface area contributed by atoms with Crippen LogP contribution in [0.25, 0.3) is 11.0 Å². The minimum Gasteiger partial charge on any atom is -0.466 e. The average Bonchev–Trinajstić information content (AvgIpc) is 2.61. The van der Waals surface area contributed by atoms with Gasteiger partial charge in [0.2, 0.25) is 0 Å². The molecule has 4 nitrogen and oxygen atoms in total. The minimum atomic E-state index is -0.252. The second kappa shape index (κ2) is 4.65. The van der Waals surface area contributed by atoms with E-state index in [1.54, 1.807) is 19.4 Å². The molecule has 0 bridgehead atoms. The van der Waals surface area contributed by atoms with E-state index in [9.17, 15) is 4.79 Å². The van der Waals surface area contributed by atoms with Crippen LogP contribution in [0.15, 0.2) is 27.5 Å². The third-order valence-corrected chi connectivity index (χ3v) is 2.58. The van der Waals surface area contributed by atoms with Gasteiger partial charge in [-0.1, -0.05) is 0 Å². The molecule has 0 amide bonds. The third kappa shape index (κ3) is 2.24. The normalized spacial score (nSPS) is 10.6. The Bertz CT molecular complexity index is 521. The van der Waals surface area contributed by atoms with E-state index in [2.05, 4.69) is 20.9 Å².